The molecule has 2 nitrogen and oxygen atoms in total. The Morgan fingerprint density at radius 3 is 2.82 bits per heavy atom. The third-order valence-electron chi connectivity index (χ3n) is 3.93. The van der Waals surface area contributed by atoms with E-state index in [-0.39, 0.29) is 0 Å². The van der Waals surface area contributed by atoms with Gasteiger partial charge in [0.1, 0.15) is 0 Å². The molecule has 1 aliphatic rings. The fraction of sp³-hybridized carbons (Fsp3) is 0.400. The fourth-order valence-corrected chi connectivity index (χ4v) is 2.96. The lowest BCUT2D eigenvalue weighted by atomic mass is 9.76. The largest absolute Gasteiger partial charge is 0.351 e. The first-order chi connectivity index (χ1) is 8.34. The molecule has 0 saturated carbocycles. The molecule has 0 aliphatic heterocycles. The molecule has 0 amide bonds. The molecule has 2 heteroatoms. The molecule has 1 aliphatic carbocycles. The van der Waals surface area contributed by atoms with Gasteiger partial charge in [-0.1, -0.05) is 31.2 Å². The van der Waals surface area contributed by atoms with Crippen LogP contribution in [0.25, 0.3) is 0 Å². The molecule has 2 atom stereocenters. The van der Waals surface area contributed by atoms with Crippen molar-refractivity contribution in [1.29, 1.82) is 0 Å². The molecule has 1 N–H and O–H groups in total. The van der Waals surface area contributed by atoms with E-state index in [9.17, 15) is 0 Å². The van der Waals surface area contributed by atoms with E-state index in [1.54, 1.807) is 11.9 Å². The lowest BCUT2D eigenvalue weighted by molar-refractivity contribution is 0.497. The summed E-state index contributed by atoms with van der Waals surface area (Å²) in [4.78, 5) is 7.39. The molecule has 0 spiro atoms. The van der Waals surface area contributed by atoms with Crippen LogP contribution in [0.4, 0.5) is 0 Å². The van der Waals surface area contributed by atoms with E-state index in [2.05, 4.69) is 41.2 Å². The van der Waals surface area contributed by atoms with Crippen molar-refractivity contribution in [3.05, 3.63) is 53.6 Å². The number of benzene rings is 1. The highest BCUT2D eigenvalue weighted by Crippen LogP contribution is 2.39. The van der Waals surface area contributed by atoms with Crippen LogP contribution < -0.4 is 0 Å². The first-order valence-electron chi connectivity index (χ1n) is 6.41. The first-order valence-corrected chi connectivity index (χ1v) is 6.41. The van der Waals surface area contributed by atoms with E-state index in [1.165, 1.54) is 24.1 Å². The molecule has 0 bridgehead atoms. The fourth-order valence-electron chi connectivity index (χ4n) is 2.96. The summed E-state index contributed by atoms with van der Waals surface area (Å²) in [5.41, 5.74) is 4.26. The van der Waals surface area contributed by atoms with Crippen molar-refractivity contribution in [2.24, 2.45) is 0 Å². The molecule has 2 aromatic rings. The van der Waals surface area contributed by atoms with Crippen molar-refractivity contribution in [3.8, 4) is 0 Å². The van der Waals surface area contributed by atoms with Crippen molar-refractivity contribution in [3.63, 3.8) is 0 Å². The number of hydrogen-bond donors (Lipinski definition) is 1. The van der Waals surface area contributed by atoms with E-state index in [4.69, 9.17) is 0 Å². The van der Waals surface area contributed by atoms with Gasteiger partial charge in [0.15, 0.2) is 0 Å². The van der Waals surface area contributed by atoms with Gasteiger partial charge in [0.25, 0.3) is 0 Å². The highest BCUT2D eigenvalue weighted by molar-refractivity contribution is 5.36. The van der Waals surface area contributed by atoms with Gasteiger partial charge >= 0.3 is 0 Å². The summed E-state index contributed by atoms with van der Waals surface area (Å²) in [5, 5.41) is 0. The average Bonchev–Trinajstić information content (AvgIpc) is 2.86. The van der Waals surface area contributed by atoms with Gasteiger partial charge in [0, 0.05) is 6.20 Å². The minimum absolute atomic E-state index is 0.644. The molecular formula is C15H18N2. The number of rotatable bonds is 2. The maximum atomic E-state index is 4.35. The van der Waals surface area contributed by atoms with E-state index in [1.807, 2.05) is 6.20 Å². The maximum Gasteiger partial charge on any atom is 0.0923 e. The number of imidazole rings is 1. The van der Waals surface area contributed by atoms with Gasteiger partial charge < -0.3 is 4.98 Å². The second kappa shape index (κ2) is 4.36. The van der Waals surface area contributed by atoms with Crippen LogP contribution >= 0.6 is 0 Å². The molecule has 1 heterocycles. The van der Waals surface area contributed by atoms with Crippen LogP contribution in [0.1, 0.15) is 48.4 Å². The predicted octanol–water partition coefficient (Wildman–Crippen LogP) is 3.63. The number of H-pyrrole nitrogens is 1. The van der Waals surface area contributed by atoms with Crippen LogP contribution in [-0.4, -0.2) is 9.97 Å². The molecule has 2 unspecified atom stereocenters. The number of fused-ring (bicyclic) bond motifs is 1. The summed E-state index contributed by atoms with van der Waals surface area (Å²) < 4.78 is 0. The van der Waals surface area contributed by atoms with Gasteiger partial charge in [-0.15, -0.1) is 0 Å². The Morgan fingerprint density at radius 1 is 1.24 bits per heavy atom. The van der Waals surface area contributed by atoms with E-state index < -0.39 is 0 Å². The highest BCUT2D eigenvalue weighted by atomic mass is 14.9. The highest BCUT2D eigenvalue weighted by Gasteiger charge is 2.24. The zero-order valence-corrected chi connectivity index (χ0v) is 10.2. The summed E-state index contributed by atoms with van der Waals surface area (Å²) in [6, 6.07) is 8.90. The van der Waals surface area contributed by atoms with Crippen LogP contribution in [0.5, 0.6) is 0 Å². The Bertz CT molecular complexity index is 487. The topological polar surface area (TPSA) is 28.7 Å². The lowest BCUT2D eigenvalue weighted by Gasteiger charge is -2.29. The minimum Gasteiger partial charge on any atom is -0.351 e. The summed E-state index contributed by atoms with van der Waals surface area (Å²) in [5.74, 6) is 1.35. The van der Waals surface area contributed by atoms with Gasteiger partial charge in [0.05, 0.1) is 12.0 Å². The van der Waals surface area contributed by atoms with E-state index >= 15 is 0 Å². The van der Waals surface area contributed by atoms with Crippen LogP contribution in [0.3, 0.4) is 0 Å². The number of aromatic nitrogens is 2. The minimum atomic E-state index is 0.644. The number of nitrogens with one attached hydrogen (secondary N) is 1. The molecule has 17 heavy (non-hydrogen) atoms. The smallest absolute Gasteiger partial charge is 0.0923 e. The molecule has 1 aromatic heterocycles. The quantitative estimate of drug-likeness (QED) is 0.832. The first kappa shape index (κ1) is 10.6. The van der Waals surface area contributed by atoms with Gasteiger partial charge in [-0.05, 0) is 42.2 Å². The molecule has 88 valence electrons. The molecular weight excluding hydrogens is 208 g/mol. The lowest BCUT2D eigenvalue weighted by Crippen LogP contribution is -2.14. The van der Waals surface area contributed by atoms with Crippen LogP contribution in [0, 0.1) is 0 Å². The van der Waals surface area contributed by atoms with Crippen molar-refractivity contribution in [2.75, 3.05) is 0 Å². The van der Waals surface area contributed by atoms with Gasteiger partial charge in [-0.25, -0.2) is 4.98 Å². The van der Waals surface area contributed by atoms with E-state index in [0.717, 1.165) is 6.42 Å². The molecule has 1 aromatic carbocycles. The normalized spacial score (nSPS) is 23.4. The van der Waals surface area contributed by atoms with Crippen molar-refractivity contribution < 1.29 is 0 Å². The van der Waals surface area contributed by atoms with Crippen LogP contribution in [-0.2, 0) is 6.42 Å². The predicted molar refractivity (Wildman–Crippen MR) is 69.1 cm³/mol. The van der Waals surface area contributed by atoms with Gasteiger partial charge in [-0.2, -0.15) is 0 Å². The van der Waals surface area contributed by atoms with Crippen molar-refractivity contribution in [1.82, 2.24) is 9.97 Å². The Labute approximate surface area is 102 Å². The zero-order valence-electron chi connectivity index (χ0n) is 10.2. The van der Waals surface area contributed by atoms with Crippen molar-refractivity contribution in [2.45, 2.75) is 38.0 Å². The summed E-state index contributed by atoms with van der Waals surface area (Å²) in [6.45, 7) is 2.34. The SMILES string of the molecule is CC1CCC(Cc2c[nH]cn2)c2ccccc21. The monoisotopic (exact) mass is 226 g/mol. The number of nitrogens with zero attached hydrogens (tertiary/aromatic N) is 1. The summed E-state index contributed by atoms with van der Waals surface area (Å²) in [6.07, 6.45) is 7.43. The second-order valence-electron chi connectivity index (χ2n) is 5.07. The van der Waals surface area contributed by atoms with Gasteiger partial charge in [0.2, 0.25) is 0 Å². The third kappa shape index (κ3) is 1.99. The Hall–Kier alpha value is -1.57. The zero-order chi connectivity index (χ0) is 11.7. The Morgan fingerprint density at radius 2 is 2.06 bits per heavy atom. The molecule has 0 saturated heterocycles. The molecule has 0 fully saturated rings. The number of aromatic amines is 1. The van der Waals surface area contributed by atoms with E-state index in [0.29, 0.717) is 11.8 Å². The van der Waals surface area contributed by atoms with Crippen LogP contribution in [0.2, 0.25) is 0 Å². The van der Waals surface area contributed by atoms with Gasteiger partial charge in [-0.3, -0.25) is 0 Å². The maximum absolute atomic E-state index is 4.35. The summed E-state index contributed by atoms with van der Waals surface area (Å²) in [7, 11) is 0. The average molecular weight is 226 g/mol. The Kier molecular flexibility index (Phi) is 2.71. The standard InChI is InChI=1S/C15H18N2/c1-11-6-7-12(8-13-9-16-10-17-13)15-5-3-2-4-14(11)15/h2-5,9-12H,6-8H2,1H3,(H,16,17). The van der Waals surface area contributed by atoms with Crippen LogP contribution in [0.15, 0.2) is 36.8 Å². The number of hydrogen-bond acceptors (Lipinski definition) is 1. The molecule has 0 radical (unpaired) electrons. The summed E-state index contributed by atoms with van der Waals surface area (Å²) >= 11 is 0. The van der Waals surface area contributed by atoms with Crippen molar-refractivity contribution >= 4 is 0 Å². The second-order valence-corrected chi connectivity index (χ2v) is 5.07. The third-order valence-corrected chi connectivity index (χ3v) is 3.93. The molecule has 3 rings (SSSR count). The Balaban J connectivity index is 1.90.